The molecule has 0 radical (unpaired) electrons. The van der Waals surface area contributed by atoms with Crippen LogP contribution in [0.2, 0.25) is 0 Å². The Morgan fingerprint density at radius 3 is 2.88 bits per heavy atom. The Kier molecular flexibility index (Phi) is 5.44. The number of aryl methyl sites for hydroxylation is 1. The molecule has 1 heterocycles. The second-order valence-electron chi connectivity index (χ2n) is 3.43. The molecule has 16 heavy (non-hydrogen) atoms. The average molecular weight is 247 g/mol. The van der Waals surface area contributed by atoms with Crippen LogP contribution in [0.1, 0.15) is 18.7 Å². The molecule has 6 nitrogen and oxygen atoms in total. The third-order valence-electron chi connectivity index (χ3n) is 2.04. The van der Waals surface area contributed by atoms with Gasteiger partial charge in [0.05, 0.1) is 5.75 Å². The van der Waals surface area contributed by atoms with Gasteiger partial charge in [0.1, 0.15) is 5.82 Å². The van der Waals surface area contributed by atoms with Gasteiger partial charge in [-0.3, -0.25) is 0 Å². The lowest BCUT2D eigenvalue weighted by molar-refractivity contribution is 0.295. The van der Waals surface area contributed by atoms with Crippen LogP contribution in [0.5, 0.6) is 0 Å². The Balaban J connectivity index is 2.15. The Labute approximate surface area is 95.2 Å². The summed E-state index contributed by atoms with van der Waals surface area (Å²) >= 11 is 0. The largest absolute Gasteiger partial charge is 0.396 e. The van der Waals surface area contributed by atoms with E-state index in [0.717, 1.165) is 12.2 Å². The number of nitrogens with zero attached hydrogens (tertiary/aromatic N) is 1. The molecule has 1 aromatic heterocycles. The number of hydrogen-bond acceptors (Lipinski definition) is 4. The third kappa shape index (κ3) is 5.24. The zero-order valence-corrected chi connectivity index (χ0v) is 9.83. The number of aromatic nitrogens is 2. The van der Waals surface area contributed by atoms with Crippen LogP contribution in [0.3, 0.4) is 0 Å². The average Bonchev–Trinajstić information content (AvgIpc) is 2.75. The number of H-pyrrole nitrogens is 1. The first-order valence-electron chi connectivity index (χ1n) is 5.20. The van der Waals surface area contributed by atoms with Crippen LogP contribution in [0.25, 0.3) is 0 Å². The van der Waals surface area contributed by atoms with Crippen molar-refractivity contribution in [2.75, 3.05) is 18.9 Å². The van der Waals surface area contributed by atoms with E-state index < -0.39 is 10.0 Å². The Hall–Kier alpha value is -0.920. The maximum absolute atomic E-state index is 11.3. The summed E-state index contributed by atoms with van der Waals surface area (Å²) in [4.78, 5) is 6.98. The Bertz CT molecular complexity index is 375. The minimum atomic E-state index is -3.23. The van der Waals surface area contributed by atoms with Gasteiger partial charge in [0, 0.05) is 32.0 Å². The van der Waals surface area contributed by atoms with Gasteiger partial charge in [0.15, 0.2) is 0 Å². The van der Waals surface area contributed by atoms with Gasteiger partial charge >= 0.3 is 0 Å². The van der Waals surface area contributed by atoms with E-state index in [2.05, 4.69) is 14.7 Å². The van der Waals surface area contributed by atoms with E-state index in [1.165, 1.54) is 0 Å². The van der Waals surface area contributed by atoms with Crippen molar-refractivity contribution in [2.45, 2.75) is 19.3 Å². The van der Waals surface area contributed by atoms with Gasteiger partial charge in [-0.1, -0.05) is 0 Å². The molecule has 0 bridgehead atoms. The van der Waals surface area contributed by atoms with Crippen LogP contribution in [0.4, 0.5) is 0 Å². The number of imidazole rings is 1. The van der Waals surface area contributed by atoms with E-state index >= 15 is 0 Å². The van der Waals surface area contributed by atoms with E-state index in [0.29, 0.717) is 13.0 Å². The topological polar surface area (TPSA) is 95.1 Å². The first-order valence-corrected chi connectivity index (χ1v) is 6.86. The molecule has 0 aliphatic carbocycles. The first kappa shape index (κ1) is 13.1. The minimum Gasteiger partial charge on any atom is -0.396 e. The second-order valence-corrected chi connectivity index (χ2v) is 5.36. The van der Waals surface area contributed by atoms with Crippen molar-refractivity contribution in [1.82, 2.24) is 14.7 Å². The molecule has 92 valence electrons. The monoisotopic (exact) mass is 247 g/mol. The van der Waals surface area contributed by atoms with Gasteiger partial charge in [-0.2, -0.15) is 0 Å². The summed E-state index contributed by atoms with van der Waals surface area (Å²) in [6.45, 7) is 0.293. The van der Waals surface area contributed by atoms with Crippen LogP contribution < -0.4 is 4.72 Å². The quantitative estimate of drug-likeness (QED) is 0.547. The molecule has 0 fully saturated rings. The summed E-state index contributed by atoms with van der Waals surface area (Å²) in [6.07, 6.45) is 5.09. The lowest BCUT2D eigenvalue weighted by atomic mass is 10.3. The molecule has 1 aromatic rings. The summed E-state index contributed by atoms with van der Waals surface area (Å²) in [7, 11) is -3.23. The van der Waals surface area contributed by atoms with Gasteiger partial charge in [-0.05, 0) is 12.8 Å². The molecule has 0 aliphatic heterocycles. The highest BCUT2D eigenvalue weighted by molar-refractivity contribution is 7.89. The molecule has 0 saturated heterocycles. The SMILES string of the molecule is O=S(=O)(CCCO)NCCCc1ncc[nH]1. The maximum atomic E-state index is 11.3. The molecule has 0 atom stereocenters. The predicted octanol–water partition coefficient (Wildman–Crippen LogP) is -0.356. The van der Waals surface area contributed by atoms with Crippen LogP contribution in [0.15, 0.2) is 12.4 Å². The summed E-state index contributed by atoms with van der Waals surface area (Å²) in [5.41, 5.74) is 0. The predicted molar refractivity (Wildman–Crippen MR) is 60.4 cm³/mol. The van der Waals surface area contributed by atoms with Gasteiger partial charge in [0.25, 0.3) is 0 Å². The van der Waals surface area contributed by atoms with Crippen molar-refractivity contribution in [3.63, 3.8) is 0 Å². The molecule has 0 unspecified atom stereocenters. The van der Waals surface area contributed by atoms with Gasteiger partial charge in [0.2, 0.25) is 10.0 Å². The molecule has 0 amide bonds. The van der Waals surface area contributed by atoms with Gasteiger partial charge < -0.3 is 10.1 Å². The molecule has 3 N–H and O–H groups in total. The van der Waals surface area contributed by atoms with E-state index in [4.69, 9.17) is 5.11 Å². The lowest BCUT2D eigenvalue weighted by Gasteiger charge is -2.04. The van der Waals surface area contributed by atoms with Gasteiger partial charge in [-0.15, -0.1) is 0 Å². The number of aliphatic hydroxyl groups is 1. The number of aromatic amines is 1. The van der Waals surface area contributed by atoms with Crippen molar-refractivity contribution in [1.29, 1.82) is 0 Å². The number of aliphatic hydroxyl groups excluding tert-OH is 1. The zero-order valence-electron chi connectivity index (χ0n) is 9.02. The van der Waals surface area contributed by atoms with Crippen molar-refractivity contribution in [3.05, 3.63) is 18.2 Å². The number of sulfonamides is 1. The Morgan fingerprint density at radius 1 is 1.44 bits per heavy atom. The van der Waals surface area contributed by atoms with Crippen molar-refractivity contribution in [2.24, 2.45) is 0 Å². The highest BCUT2D eigenvalue weighted by Gasteiger charge is 2.08. The summed E-state index contributed by atoms with van der Waals surface area (Å²) in [5, 5.41) is 8.52. The fourth-order valence-corrected chi connectivity index (χ4v) is 2.35. The smallest absolute Gasteiger partial charge is 0.211 e. The summed E-state index contributed by atoms with van der Waals surface area (Å²) in [6, 6.07) is 0. The molecule has 1 rings (SSSR count). The summed E-state index contributed by atoms with van der Waals surface area (Å²) < 4.78 is 25.1. The molecule has 0 aliphatic rings. The normalized spacial score (nSPS) is 11.8. The van der Waals surface area contributed by atoms with Crippen molar-refractivity contribution < 1.29 is 13.5 Å². The molecule has 0 spiro atoms. The maximum Gasteiger partial charge on any atom is 0.211 e. The molecule has 0 saturated carbocycles. The number of nitrogens with one attached hydrogen (secondary N) is 2. The minimum absolute atomic E-state index is 0.0236. The first-order chi connectivity index (χ1) is 7.64. The van der Waals surface area contributed by atoms with E-state index in [9.17, 15) is 8.42 Å². The highest BCUT2D eigenvalue weighted by Crippen LogP contribution is 1.95. The van der Waals surface area contributed by atoms with Crippen LogP contribution in [-0.4, -0.2) is 42.4 Å². The Morgan fingerprint density at radius 2 is 2.25 bits per heavy atom. The fraction of sp³-hybridized carbons (Fsp3) is 0.667. The highest BCUT2D eigenvalue weighted by atomic mass is 32.2. The fourth-order valence-electron chi connectivity index (χ4n) is 1.24. The number of rotatable bonds is 8. The molecule has 7 heteroatoms. The summed E-state index contributed by atoms with van der Waals surface area (Å²) in [5.74, 6) is 0.833. The third-order valence-corrected chi connectivity index (χ3v) is 3.51. The van der Waals surface area contributed by atoms with Crippen LogP contribution >= 0.6 is 0 Å². The lowest BCUT2D eigenvalue weighted by Crippen LogP contribution is -2.28. The second kappa shape index (κ2) is 6.62. The van der Waals surface area contributed by atoms with Gasteiger partial charge in [-0.25, -0.2) is 18.1 Å². The molecular formula is C9H17N3O3S. The molecule has 0 aromatic carbocycles. The van der Waals surface area contributed by atoms with E-state index in [-0.39, 0.29) is 18.8 Å². The van der Waals surface area contributed by atoms with Crippen LogP contribution in [0, 0.1) is 0 Å². The standard InChI is InChI=1S/C9H17N3O3S/c13-7-2-8-16(14,15)12-4-1-3-9-10-5-6-11-9/h5-6,12-13H,1-4,7-8H2,(H,10,11). The van der Waals surface area contributed by atoms with Crippen molar-refractivity contribution >= 4 is 10.0 Å². The number of hydrogen-bond donors (Lipinski definition) is 3. The zero-order chi connectivity index (χ0) is 11.9. The van der Waals surface area contributed by atoms with Crippen molar-refractivity contribution in [3.8, 4) is 0 Å². The van der Waals surface area contributed by atoms with E-state index in [1.54, 1.807) is 12.4 Å². The molecular weight excluding hydrogens is 230 g/mol. The van der Waals surface area contributed by atoms with Crippen LogP contribution in [-0.2, 0) is 16.4 Å². The van der Waals surface area contributed by atoms with E-state index in [1.807, 2.05) is 0 Å².